The van der Waals surface area contributed by atoms with Crippen LogP contribution in [-0.2, 0) is 9.59 Å². The molecule has 1 amide bonds. The summed E-state index contributed by atoms with van der Waals surface area (Å²) in [6.07, 6.45) is 0.233. The van der Waals surface area contributed by atoms with Crippen molar-refractivity contribution in [2.75, 3.05) is 6.61 Å². The number of hydrogen-bond acceptors (Lipinski definition) is 3. The topological polar surface area (TPSA) is 86.6 Å². The van der Waals surface area contributed by atoms with Gasteiger partial charge in [-0.2, -0.15) is 0 Å². The van der Waals surface area contributed by atoms with E-state index in [9.17, 15) is 9.59 Å². The van der Waals surface area contributed by atoms with Gasteiger partial charge in [0.25, 0.3) is 0 Å². The lowest BCUT2D eigenvalue weighted by molar-refractivity contribution is -0.143. The van der Waals surface area contributed by atoms with Gasteiger partial charge in [0.1, 0.15) is 6.04 Å². The molecule has 0 aromatic rings. The molecule has 0 aromatic carbocycles. The summed E-state index contributed by atoms with van der Waals surface area (Å²) in [6, 6.07) is -1.20. The Labute approximate surface area is 83.1 Å². The van der Waals surface area contributed by atoms with E-state index in [0.717, 1.165) is 0 Å². The summed E-state index contributed by atoms with van der Waals surface area (Å²) in [4.78, 5) is 21.7. The van der Waals surface area contributed by atoms with Crippen molar-refractivity contribution in [2.24, 2.45) is 5.41 Å². The van der Waals surface area contributed by atoms with E-state index in [-0.39, 0.29) is 17.7 Å². The first kappa shape index (κ1) is 12.9. The van der Waals surface area contributed by atoms with E-state index in [1.54, 1.807) is 0 Å². The van der Waals surface area contributed by atoms with Crippen molar-refractivity contribution in [3.8, 4) is 0 Å². The second-order valence-electron chi connectivity index (χ2n) is 4.38. The molecule has 0 aliphatic carbocycles. The predicted molar refractivity (Wildman–Crippen MR) is 50.7 cm³/mol. The van der Waals surface area contributed by atoms with E-state index >= 15 is 0 Å². The summed E-state index contributed by atoms with van der Waals surface area (Å²) < 4.78 is 0. The highest BCUT2D eigenvalue weighted by atomic mass is 16.4. The van der Waals surface area contributed by atoms with E-state index in [1.165, 1.54) is 0 Å². The number of carboxylic acids is 1. The minimum absolute atomic E-state index is 0.192. The third kappa shape index (κ3) is 5.53. The predicted octanol–water partition coefficient (Wildman–Crippen LogP) is -0.0157. The third-order valence-corrected chi connectivity index (χ3v) is 1.51. The fraction of sp³-hybridized carbons (Fsp3) is 0.778. The van der Waals surface area contributed by atoms with Gasteiger partial charge in [0, 0.05) is 6.42 Å². The summed E-state index contributed by atoms with van der Waals surface area (Å²) in [5.74, 6) is -1.59. The number of aliphatic carboxylic acids is 1. The lowest BCUT2D eigenvalue weighted by Crippen LogP contribution is -2.44. The molecule has 0 fully saturated rings. The fourth-order valence-electron chi connectivity index (χ4n) is 0.913. The molecule has 14 heavy (non-hydrogen) atoms. The molecule has 0 saturated carbocycles. The van der Waals surface area contributed by atoms with Crippen LogP contribution in [0.5, 0.6) is 0 Å². The standard InChI is InChI=1S/C9H17NO4/c1-9(2,3)4-7(12)10-6(5-11)8(13)14/h6,11H,4-5H2,1-3H3,(H,10,12)(H,13,14)/t6-/m1/s1. The van der Waals surface area contributed by atoms with Gasteiger partial charge in [0.15, 0.2) is 0 Å². The average Bonchev–Trinajstić information content (AvgIpc) is 1.96. The molecule has 3 N–H and O–H groups in total. The van der Waals surface area contributed by atoms with Crippen LogP contribution in [0.3, 0.4) is 0 Å². The van der Waals surface area contributed by atoms with Crippen LogP contribution in [0.15, 0.2) is 0 Å². The summed E-state index contributed by atoms with van der Waals surface area (Å²) >= 11 is 0. The molecule has 82 valence electrons. The molecule has 0 spiro atoms. The Morgan fingerprint density at radius 2 is 1.86 bits per heavy atom. The van der Waals surface area contributed by atoms with E-state index in [1.807, 2.05) is 20.8 Å². The molecule has 0 radical (unpaired) electrons. The molecule has 0 rings (SSSR count). The summed E-state index contributed by atoms with van der Waals surface area (Å²) in [6.45, 7) is 5.04. The van der Waals surface area contributed by atoms with Crippen LogP contribution in [0.1, 0.15) is 27.2 Å². The van der Waals surface area contributed by atoms with E-state index in [2.05, 4.69) is 5.32 Å². The van der Waals surface area contributed by atoms with E-state index < -0.39 is 18.6 Å². The summed E-state index contributed by atoms with van der Waals surface area (Å²) in [5.41, 5.74) is -0.192. The van der Waals surface area contributed by atoms with Crippen LogP contribution in [0.25, 0.3) is 0 Å². The highest BCUT2D eigenvalue weighted by molar-refractivity contribution is 5.83. The van der Waals surface area contributed by atoms with E-state index in [0.29, 0.717) is 0 Å². The van der Waals surface area contributed by atoms with Crippen molar-refractivity contribution in [3.05, 3.63) is 0 Å². The third-order valence-electron chi connectivity index (χ3n) is 1.51. The number of aliphatic hydroxyl groups excluding tert-OH is 1. The maximum Gasteiger partial charge on any atom is 0.328 e. The van der Waals surface area contributed by atoms with Gasteiger partial charge in [-0.3, -0.25) is 4.79 Å². The molecule has 5 heteroatoms. The van der Waals surface area contributed by atoms with Crippen LogP contribution in [0.4, 0.5) is 0 Å². The smallest absolute Gasteiger partial charge is 0.328 e. The Kier molecular flexibility index (Phi) is 4.56. The molecule has 1 atom stereocenters. The zero-order chi connectivity index (χ0) is 11.4. The number of amides is 1. The average molecular weight is 203 g/mol. The van der Waals surface area contributed by atoms with Gasteiger partial charge in [0.05, 0.1) is 6.61 Å². The van der Waals surface area contributed by atoms with Gasteiger partial charge in [-0.15, -0.1) is 0 Å². The number of carboxylic acid groups (broad SMARTS) is 1. The molecule has 0 saturated heterocycles. The molecule has 0 aliphatic rings. The Bertz CT molecular complexity index is 219. The molecule has 0 unspecified atom stereocenters. The van der Waals surface area contributed by atoms with Crippen molar-refractivity contribution in [1.82, 2.24) is 5.32 Å². The maximum atomic E-state index is 11.2. The van der Waals surface area contributed by atoms with Crippen molar-refractivity contribution in [1.29, 1.82) is 0 Å². The SMILES string of the molecule is CC(C)(C)CC(=O)N[C@H](CO)C(=O)O. The van der Waals surface area contributed by atoms with Crippen LogP contribution in [0, 0.1) is 5.41 Å². The number of rotatable bonds is 4. The first-order valence-electron chi connectivity index (χ1n) is 4.39. The zero-order valence-corrected chi connectivity index (χ0v) is 8.70. The van der Waals surface area contributed by atoms with Gasteiger partial charge in [-0.1, -0.05) is 20.8 Å². The minimum atomic E-state index is -1.23. The van der Waals surface area contributed by atoms with Crippen LogP contribution < -0.4 is 5.32 Å². The molecule has 0 aliphatic heterocycles. The van der Waals surface area contributed by atoms with Gasteiger partial charge in [0.2, 0.25) is 5.91 Å². The number of nitrogens with one attached hydrogen (secondary N) is 1. The summed E-state index contributed by atoms with van der Waals surface area (Å²) in [5, 5.41) is 19.4. The van der Waals surface area contributed by atoms with Crippen molar-refractivity contribution in [2.45, 2.75) is 33.2 Å². The molecular formula is C9H17NO4. The monoisotopic (exact) mass is 203 g/mol. The van der Waals surface area contributed by atoms with Crippen LogP contribution in [-0.4, -0.2) is 34.7 Å². The Morgan fingerprint density at radius 1 is 1.36 bits per heavy atom. The van der Waals surface area contributed by atoms with Crippen LogP contribution >= 0.6 is 0 Å². The Balaban J connectivity index is 4.11. The highest BCUT2D eigenvalue weighted by Gasteiger charge is 2.22. The van der Waals surface area contributed by atoms with Gasteiger partial charge in [-0.25, -0.2) is 4.79 Å². The van der Waals surface area contributed by atoms with Crippen molar-refractivity contribution in [3.63, 3.8) is 0 Å². The second-order valence-corrected chi connectivity index (χ2v) is 4.38. The number of carbonyl (C=O) groups excluding carboxylic acids is 1. The van der Waals surface area contributed by atoms with E-state index in [4.69, 9.17) is 10.2 Å². The normalized spacial score (nSPS) is 13.4. The largest absolute Gasteiger partial charge is 0.480 e. The number of aliphatic hydroxyl groups is 1. The maximum absolute atomic E-state index is 11.2. The highest BCUT2D eigenvalue weighted by Crippen LogP contribution is 2.17. The van der Waals surface area contributed by atoms with Gasteiger partial charge < -0.3 is 15.5 Å². The number of hydrogen-bond donors (Lipinski definition) is 3. The molecule has 0 bridgehead atoms. The molecular weight excluding hydrogens is 186 g/mol. The van der Waals surface area contributed by atoms with Gasteiger partial charge >= 0.3 is 5.97 Å². The minimum Gasteiger partial charge on any atom is -0.480 e. The van der Waals surface area contributed by atoms with Gasteiger partial charge in [-0.05, 0) is 5.41 Å². The zero-order valence-electron chi connectivity index (χ0n) is 8.70. The molecule has 5 nitrogen and oxygen atoms in total. The first-order chi connectivity index (χ1) is 6.26. The molecule has 0 heterocycles. The Morgan fingerprint density at radius 3 is 2.14 bits per heavy atom. The lowest BCUT2D eigenvalue weighted by atomic mass is 9.92. The second kappa shape index (κ2) is 4.95. The van der Waals surface area contributed by atoms with Crippen LogP contribution in [0.2, 0.25) is 0 Å². The summed E-state index contributed by atoms with van der Waals surface area (Å²) in [7, 11) is 0. The van der Waals surface area contributed by atoms with Crippen molar-refractivity contribution < 1.29 is 19.8 Å². The van der Waals surface area contributed by atoms with Crippen molar-refractivity contribution >= 4 is 11.9 Å². The quantitative estimate of drug-likeness (QED) is 0.599. The fourth-order valence-corrected chi connectivity index (χ4v) is 0.913. The molecule has 0 aromatic heterocycles. The first-order valence-corrected chi connectivity index (χ1v) is 4.39. The lowest BCUT2D eigenvalue weighted by Gasteiger charge is -2.19. The Hall–Kier alpha value is -1.10. The number of carbonyl (C=O) groups is 2.